The minimum Gasteiger partial charge on any atom is -0.366 e. The Labute approximate surface area is 138 Å². The number of primary amides is 1. The molecule has 0 aliphatic rings. The van der Waals surface area contributed by atoms with Crippen LogP contribution in [0.5, 0.6) is 0 Å². The molecule has 0 fully saturated rings. The zero-order chi connectivity index (χ0) is 16.8. The number of amides is 1. The number of pyridine rings is 1. The molecule has 122 valence electrons. The summed E-state index contributed by atoms with van der Waals surface area (Å²) < 4.78 is 0. The molecule has 4 nitrogen and oxygen atoms in total. The maximum absolute atomic E-state index is 11.2. The Kier molecular flexibility index (Phi) is 5.88. The third kappa shape index (κ3) is 4.89. The average Bonchev–Trinajstić information content (AvgIpc) is 2.52. The minimum atomic E-state index is -0.402. The van der Waals surface area contributed by atoms with Gasteiger partial charge in [0.2, 0.25) is 5.91 Å². The lowest BCUT2D eigenvalue weighted by atomic mass is 9.99. The Morgan fingerprint density at radius 2 is 2.04 bits per heavy atom. The van der Waals surface area contributed by atoms with Crippen molar-refractivity contribution in [2.75, 3.05) is 6.54 Å². The van der Waals surface area contributed by atoms with E-state index in [0.29, 0.717) is 11.5 Å². The summed E-state index contributed by atoms with van der Waals surface area (Å²) in [6.07, 6.45) is 3.05. The highest BCUT2D eigenvalue weighted by atomic mass is 16.1. The zero-order valence-electron chi connectivity index (χ0n) is 14.1. The molecule has 0 unspecified atom stereocenters. The summed E-state index contributed by atoms with van der Waals surface area (Å²) in [5.41, 5.74) is 10.0. The van der Waals surface area contributed by atoms with Crippen LogP contribution in [0.2, 0.25) is 0 Å². The van der Waals surface area contributed by atoms with Gasteiger partial charge in [0.25, 0.3) is 0 Å². The summed E-state index contributed by atoms with van der Waals surface area (Å²) >= 11 is 0. The molecule has 0 radical (unpaired) electrons. The van der Waals surface area contributed by atoms with Gasteiger partial charge in [0.05, 0.1) is 5.69 Å². The predicted octanol–water partition coefficient (Wildman–Crippen LogP) is 3.29. The van der Waals surface area contributed by atoms with Crippen molar-refractivity contribution in [2.24, 2.45) is 11.7 Å². The SMILES string of the molecule is Cc1cc(C(N)=O)ccc1-c1ccc(CNCCC(C)C)nc1. The van der Waals surface area contributed by atoms with Crippen molar-refractivity contribution in [3.63, 3.8) is 0 Å². The number of carbonyl (C=O) groups excluding carboxylic acids is 1. The van der Waals surface area contributed by atoms with Gasteiger partial charge >= 0.3 is 0 Å². The number of nitrogens with one attached hydrogen (secondary N) is 1. The molecule has 2 rings (SSSR count). The first-order chi connectivity index (χ1) is 11.0. The second-order valence-corrected chi connectivity index (χ2v) is 6.29. The van der Waals surface area contributed by atoms with Crippen molar-refractivity contribution < 1.29 is 4.79 Å². The number of carbonyl (C=O) groups is 1. The van der Waals surface area contributed by atoms with Gasteiger partial charge in [0.15, 0.2) is 0 Å². The first kappa shape index (κ1) is 17.2. The van der Waals surface area contributed by atoms with Gasteiger partial charge in [-0.15, -0.1) is 0 Å². The fourth-order valence-electron chi connectivity index (χ4n) is 2.44. The van der Waals surface area contributed by atoms with Crippen molar-refractivity contribution in [1.82, 2.24) is 10.3 Å². The lowest BCUT2D eigenvalue weighted by molar-refractivity contribution is 0.1000. The second-order valence-electron chi connectivity index (χ2n) is 6.29. The number of nitrogens with two attached hydrogens (primary N) is 1. The van der Waals surface area contributed by atoms with Crippen molar-refractivity contribution in [2.45, 2.75) is 33.7 Å². The van der Waals surface area contributed by atoms with Gasteiger partial charge in [-0.25, -0.2) is 0 Å². The summed E-state index contributed by atoms with van der Waals surface area (Å²) in [5, 5.41) is 3.41. The third-order valence-corrected chi connectivity index (χ3v) is 3.85. The fourth-order valence-corrected chi connectivity index (χ4v) is 2.44. The summed E-state index contributed by atoms with van der Waals surface area (Å²) in [6, 6.07) is 9.61. The van der Waals surface area contributed by atoms with Crippen LogP contribution in [0.1, 0.15) is 41.9 Å². The molecular formula is C19H25N3O. The van der Waals surface area contributed by atoms with Crippen LogP contribution in [0, 0.1) is 12.8 Å². The number of nitrogens with zero attached hydrogens (tertiary/aromatic N) is 1. The Morgan fingerprint density at radius 1 is 1.26 bits per heavy atom. The van der Waals surface area contributed by atoms with Gasteiger partial charge < -0.3 is 11.1 Å². The van der Waals surface area contributed by atoms with Gasteiger partial charge in [0, 0.05) is 23.9 Å². The van der Waals surface area contributed by atoms with E-state index in [2.05, 4.69) is 30.2 Å². The highest BCUT2D eigenvalue weighted by Gasteiger charge is 2.06. The molecule has 3 N–H and O–H groups in total. The van der Waals surface area contributed by atoms with E-state index in [9.17, 15) is 4.79 Å². The summed E-state index contributed by atoms with van der Waals surface area (Å²) in [7, 11) is 0. The number of hydrogen-bond donors (Lipinski definition) is 2. The Balaban J connectivity index is 2.03. The molecule has 1 aromatic carbocycles. The maximum Gasteiger partial charge on any atom is 0.248 e. The Hall–Kier alpha value is -2.20. The van der Waals surface area contributed by atoms with Crippen LogP contribution < -0.4 is 11.1 Å². The third-order valence-electron chi connectivity index (χ3n) is 3.85. The van der Waals surface area contributed by atoms with E-state index in [1.807, 2.05) is 31.3 Å². The minimum absolute atomic E-state index is 0.402. The predicted molar refractivity (Wildman–Crippen MR) is 94.1 cm³/mol. The van der Waals surface area contributed by atoms with Crippen molar-refractivity contribution in [3.8, 4) is 11.1 Å². The van der Waals surface area contributed by atoms with Crippen molar-refractivity contribution in [1.29, 1.82) is 0 Å². The lowest BCUT2D eigenvalue weighted by Crippen LogP contribution is -2.16. The average molecular weight is 311 g/mol. The maximum atomic E-state index is 11.2. The van der Waals surface area contributed by atoms with Gasteiger partial charge in [-0.1, -0.05) is 26.0 Å². The molecule has 0 bridgehead atoms. The molecular weight excluding hydrogens is 286 g/mol. The summed E-state index contributed by atoms with van der Waals surface area (Å²) in [4.78, 5) is 15.7. The first-order valence-corrected chi connectivity index (χ1v) is 8.04. The Bertz CT molecular complexity index is 663. The second kappa shape index (κ2) is 7.88. The van der Waals surface area contributed by atoms with Crippen LogP contribution in [-0.4, -0.2) is 17.4 Å². The van der Waals surface area contributed by atoms with E-state index in [1.165, 1.54) is 6.42 Å². The number of aromatic nitrogens is 1. The molecule has 1 heterocycles. The normalized spacial score (nSPS) is 11.0. The van der Waals surface area contributed by atoms with Crippen LogP contribution in [0.25, 0.3) is 11.1 Å². The molecule has 4 heteroatoms. The fraction of sp³-hybridized carbons (Fsp3) is 0.368. The molecule has 0 aliphatic carbocycles. The molecule has 23 heavy (non-hydrogen) atoms. The lowest BCUT2D eigenvalue weighted by Gasteiger charge is -2.09. The standard InChI is InChI=1S/C19H25N3O/c1-13(2)8-9-21-12-17-6-4-16(11-22-17)18-7-5-15(19(20)23)10-14(18)3/h4-7,10-11,13,21H,8-9,12H2,1-3H3,(H2,20,23). The molecule has 0 saturated heterocycles. The molecule has 1 aromatic heterocycles. The van der Waals surface area contributed by atoms with Crippen LogP contribution >= 0.6 is 0 Å². The molecule has 0 atom stereocenters. The monoisotopic (exact) mass is 311 g/mol. The number of rotatable bonds is 7. The van der Waals surface area contributed by atoms with Gasteiger partial charge in [-0.3, -0.25) is 9.78 Å². The number of hydrogen-bond acceptors (Lipinski definition) is 3. The van der Waals surface area contributed by atoms with E-state index in [4.69, 9.17) is 5.73 Å². The zero-order valence-corrected chi connectivity index (χ0v) is 14.1. The highest BCUT2D eigenvalue weighted by molar-refractivity contribution is 5.93. The van der Waals surface area contributed by atoms with Crippen molar-refractivity contribution in [3.05, 3.63) is 53.3 Å². The van der Waals surface area contributed by atoms with Crippen LogP contribution in [0.4, 0.5) is 0 Å². The van der Waals surface area contributed by atoms with Crippen LogP contribution in [-0.2, 0) is 6.54 Å². The van der Waals surface area contributed by atoms with Crippen LogP contribution in [0.3, 0.4) is 0 Å². The highest BCUT2D eigenvalue weighted by Crippen LogP contribution is 2.23. The summed E-state index contributed by atoms with van der Waals surface area (Å²) in [5.74, 6) is 0.310. The molecule has 0 spiro atoms. The van der Waals surface area contributed by atoms with Crippen molar-refractivity contribution >= 4 is 5.91 Å². The Morgan fingerprint density at radius 3 is 2.61 bits per heavy atom. The molecule has 0 saturated carbocycles. The van der Waals surface area contributed by atoms with E-state index >= 15 is 0 Å². The largest absolute Gasteiger partial charge is 0.366 e. The number of benzene rings is 1. The molecule has 0 aliphatic heterocycles. The quantitative estimate of drug-likeness (QED) is 0.771. The van der Waals surface area contributed by atoms with E-state index in [0.717, 1.165) is 35.5 Å². The van der Waals surface area contributed by atoms with Crippen LogP contribution in [0.15, 0.2) is 36.5 Å². The van der Waals surface area contributed by atoms with Gasteiger partial charge in [-0.2, -0.15) is 0 Å². The van der Waals surface area contributed by atoms with E-state index in [1.54, 1.807) is 6.07 Å². The van der Waals surface area contributed by atoms with Gasteiger partial charge in [0.1, 0.15) is 0 Å². The summed E-state index contributed by atoms with van der Waals surface area (Å²) in [6.45, 7) is 8.21. The van der Waals surface area contributed by atoms with E-state index < -0.39 is 5.91 Å². The molecule has 1 amide bonds. The first-order valence-electron chi connectivity index (χ1n) is 8.04. The van der Waals surface area contributed by atoms with E-state index in [-0.39, 0.29) is 0 Å². The molecule has 2 aromatic rings. The topological polar surface area (TPSA) is 68.0 Å². The van der Waals surface area contributed by atoms with Gasteiger partial charge in [-0.05, 0) is 55.1 Å². The smallest absolute Gasteiger partial charge is 0.248 e. The number of aryl methyl sites for hydroxylation is 1.